The summed E-state index contributed by atoms with van der Waals surface area (Å²) in [4.78, 5) is -2.64. The number of nitrogens with two attached hydrogens (primary N) is 1. The second-order valence-corrected chi connectivity index (χ2v) is 19.4. The topological polar surface area (TPSA) is 338 Å². The minimum Gasteiger partial charge on any atom is -1.00 e. The fraction of sp³-hybridized carbons (Fsp3) is 0. The molecule has 68 heavy (non-hydrogen) atoms. The van der Waals surface area contributed by atoms with Gasteiger partial charge in [-0.1, -0.05) is 42.5 Å². The summed E-state index contributed by atoms with van der Waals surface area (Å²) in [5.41, 5.74) is 5.84. The Morgan fingerprint density at radius 3 is 1.43 bits per heavy atom. The molecule has 8 aromatic carbocycles. The van der Waals surface area contributed by atoms with Crippen molar-refractivity contribution in [2.75, 3.05) is 5.73 Å². The van der Waals surface area contributed by atoms with Crippen LogP contribution in [0.25, 0.3) is 43.1 Å². The Labute approximate surface area is 481 Å². The molecule has 0 saturated heterocycles. The summed E-state index contributed by atoms with van der Waals surface area (Å²) in [6, 6.07) is 26.9. The van der Waals surface area contributed by atoms with Crippen molar-refractivity contribution < 1.29 is 181 Å². The molecule has 8 aromatic rings. The van der Waals surface area contributed by atoms with Crippen LogP contribution in [-0.4, -0.2) is 57.0 Å². The van der Waals surface area contributed by atoms with E-state index in [-0.39, 0.29) is 185 Å². The first kappa shape index (κ1) is 57.4. The van der Waals surface area contributed by atoms with Crippen molar-refractivity contribution >= 4 is 123 Å². The molecule has 0 aliphatic rings. The molecule has 28 heteroatoms. The molecule has 0 aliphatic carbocycles. The molecular weight excluding hydrogens is 1010 g/mol. The summed E-state index contributed by atoms with van der Waals surface area (Å²) in [6.45, 7) is 0. The molecule has 0 spiro atoms. The molecule has 0 fully saturated rings. The molecule has 0 aromatic heterocycles. The number of hydrogen-bond acceptors (Lipinski definition) is 16. The van der Waals surface area contributed by atoms with Crippen LogP contribution >= 0.6 is 0 Å². The van der Waals surface area contributed by atoms with E-state index in [1.807, 2.05) is 0 Å². The van der Waals surface area contributed by atoms with Crippen molar-refractivity contribution in [2.24, 2.45) is 30.7 Å². The number of phenols is 1. The third-order valence-electron chi connectivity index (χ3n) is 9.73. The van der Waals surface area contributed by atoms with E-state index in [1.54, 1.807) is 24.3 Å². The Hall–Kier alpha value is -3.16. The maximum atomic E-state index is 12.4. The van der Waals surface area contributed by atoms with E-state index in [0.717, 1.165) is 30.3 Å². The summed E-state index contributed by atoms with van der Waals surface area (Å²) in [7, 11) is -19.5. The number of benzene rings is 8. The van der Waals surface area contributed by atoms with Gasteiger partial charge in [0.15, 0.2) is 5.75 Å². The van der Waals surface area contributed by atoms with E-state index in [4.69, 9.17) is 5.73 Å². The van der Waals surface area contributed by atoms with Gasteiger partial charge in [-0.3, -0.25) is 18.2 Å². The van der Waals surface area contributed by atoms with Gasteiger partial charge in [-0.05, 0) is 84.2 Å². The van der Waals surface area contributed by atoms with Crippen LogP contribution < -0.4 is 124 Å². The average molecular weight is 1040 g/mol. The van der Waals surface area contributed by atoms with E-state index in [0.29, 0.717) is 16.5 Å². The molecule has 0 unspecified atom stereocenters. The van der Waals surface area contributed by atoms with Crippen molar-refractivity contribution in [3.05, 3.63) is 121 Å². The minimum atomic E-state index is -4.99. The predicted molar refractivity (Wildman–Crippen MR) is 238 cm³/mol. The van der Waals surface area contributed by atoms with Gasteiger partial charge >= 0.3 is 118 Å². The van der Waals surface area contributed by atoms with Crippen LogP contribution in [0.1, 0.15) is 5.71 Å². The molecule has 0 bridgehead atoms. The van der Waals surface area contributed by atoms with E-state index >= 15 is 0 Å². The van der Waals surface area contributed by atoms with Gasteiger partial charge in [-0.15, -0.1) is 25.6 Å². The third kappa shape index (κ3) is 12.1. The number of hydrogen-bond donors (Lipinski definition) is 6. The quantitative estimate of drug-likeness (QED) is 0.0385. The van der Waals surface area contributed by atoms with Crippen LogP contribution in [0.3, 0.4) is 0 Å². The SMILES string of the molecule is Nc1ccc2c(O)c(N=Nc3ccc(N=Nc4ccc(N=Nc5cc(S(=O)(=O)O)c6cccc(S(=O)(=O)O)c6c5)c5ccccc45)c4ccc(S(=O)(=O)O)cc34)c(S(=O)(=O)O)cc2c1.[H-].[H-].[H-].[H-].[Na+].[Na+].[Na+].[Na+]. The minimum absolute atomic E-state index is 0. The number of anilines is 1. The summed E-state index contributed by atoms with van der Waals surface area (Å²) < 4.78 is 138. The summed E-state index contributed by atoms with van der Waals surface area (Å²) in [5.74, 6) is -0.656. The van der Waals surface area contributed by atoms with Gasteiger partial charge in [0, 0.05) is 43.4 Å². The molecule has 8 rings (SSSR count). The van der Waals surface area contributed by atoms with Gasteiger partial charge in [0.1, 0.15) is 20.4 Å². The maximum absolute atomic E-state index is 12.4. The zero-order chi connectivity index (χ0) is 45.9. The molecule has 0 saturated carbocycles. The molecule has 0 aliphatic heterocycles. The Bertz CT molecular complexity index is 3930. The van der Waals surface area contributed by atoms with Crippen molar-refractivity contribution in [2.45, 2.75) is 19.6 Å². The largest absolute Gasteiger partial charge is 1.00 e. The Morgan fingerprint density at radius 1 is 0.397 bits per heavy atom. The van der Waals surface area contributed by atoms with Crippen LogP contribution in [0.4, 0.5) is 39.8 Å². The molecule has 0 radical (unpaired) electrons. The number of fused-ring (bicyclic) bond motifs is 4. The summed E-state index contributed by atoms with van der Waals surface area (Å²) in [6.07, 6.45) is 0. The van der Waals surface area contributed by atoms with Gasteiger partial charge in [-0.25, -0.2) is 0 Å². The first-order valence-electron chi connectivity index (χ1n) is 17.9. The van der Waals surface area contributed by atoms with E-state index in [9.17, 15) is 57.0 Å². The first-order valence-corrected chi connectivity index (χ1v) is 23.7. The van der Waals surface area contributed by atoms with Crippen LogP contribution in [-0.2, 0) is 40.5 Å². The van der Waals surface area contributed by atoms with Gasteiger partial charge in [-0.2, -0.15) is 38.8 Å². The molecule has 332 valence electrons. The normalized spacial score (nSPS) is 12.4. The fourth-order valence-electron chi connectivity index (χ4n) is 6.86. The molecule has 0 heterocycles. The Morgan fingerprint density at radius 2 is 0.882 bits per heavy atom. The van der Waals surface area contributed by atoms with Crippen LogP contribution in [0, 0.1) is 0 Å². The van der Waals surface area contributed by atoms with Gasteiger partial charge in [0.05, 0.1) is 33.3 Å². The second kappa shape index (κ2) is 22.1. The zero-order valence-electron chi connectivity index (χ0n) is 39.9. The van der Waals surface area contributed by atoms with Gasteiger partial charge in [0.2, 0.25) is 0 Å². The van der Waals surface area contributed by atoms with E-state index in [2.05, 4.69) is 30.7 Å². The monoisotopic (exact) mass is 1040 g/mol. The summed E-state index contributed by atoms with van der Waals surface area (Å²) >= 11 is 0. The Kier molecular flexibility index (Phi) is 18.6. The van der Waals surface area contributed by atoms with E-state index in [1.165, 1.54) is 66.7 Å². The smallest absolute Gasteiger partial charge is 1.00 e. The molecular formula is C40H31N7Na4O13S4. The standard InChI is InChI=1S/C40H27N7O13S4.4Na.4H/c41-22-8-10-25-21(16-22)17-38(64(58,59)60)39(40(25)48)47-46-35-15-14-34(28-11-9-24(20-30(28)35)61(49,50)51)45-44-33-13-12-32(26-4-1-2-5-27(26)33)43-42-23-18-31-29(37(19-23)63(55,56)57)6-3-7-36(31)62(52,53)54;;;;;;;;/h1-20,48H,41H2,(H,49,50,51)(H,52,53,54)(H,55,56,57)(H,58,59,60);;;;;;;;/q;4*+1;4*-1. The van der Waals surface area contributed by atoms with Crippen molar-refractivity contribution in [1.82, 2.24) is 0 Å². The first-order chi connectivity index (χ1) is 30.1. The van der Waals surface area contributed by atoms with Crippen LogP contribution in [0.5, 0.6) is 5.75 Å². The van der Waals surface area contributed by atoms with Crippen LogP contribution in [0.15, 0.2) is 172 Å². The van der Waals surface area contributed by atoms with Crippen molar-refractivity contribution in [3.8, 4) is 5.75 Å². The van der Waals surface area contributed by atoms with Crippen molar-refractivity contribution in [1.29, 1.82) is 0 Å². The Balaban J connectivity index is 0.00000630. The van der Waals surface area contributed by atoms with E-state index < -0.39 is 71.5 Å². The average Bonchev–Trinajstić information content (AvgIpc) is 3.22. The van der Waals surface area contributed by atoms with Crippen LogP contribution in [0.2, 0.25) is 0 Å². The molecule has 20 nitrogen and oxygen atoms in total. The molecule has 7 N–H and O–H groups in total. The zero-order valence-corrected chi connectivity index (χ0v) is 47.2. The molecule has 0 atom stereocenters. The number of azo groups is 3. The second-order valence-electron chi connectivity index (χ2n) is 13.8. The molecule has 0 amide bonds. The number of aromatic hydroxyl groups is 1. The maximum Gasteiger partial charge on any atom is 1.00 e. The third-order valence-corrected chi connectivity index (χ3v) is 13.2. The predicted octanol–water partition coefficient (Wildman–Crippen LogP) is -1.71. The van der Waals surface area contributed by atoms with Crippen molar-refractivity contribution in [3.63, 3.8) is 0 Å². The van der Waals surface area contributed by atoms with Gasteiger partial charge < -0.3 is 16.5 Å². The number of rotatable bonds is 10. The summed E-state index contributed by atoms with van der Waals surface area (Å²) in [5, 5.41) is 37.4. The number of nitrogens with zero attached hydrogens (tertiary/aromatic N) is 6. The van der Waals surface area contributed by atoms with Gasteiger partial charge in [0.25, 0.3) is 40.5 Å². The number of nitrogen functional groups attached to an aromatic ring is 1. The number of phenolic OH excluding ortho intramolecular Hbond substituents is 1. The fourth-order valence-corrected chi connectivity index (χ4v) is 9.45.